The Kier molecular flexibility index (Phi) is 5.77. The van der Waals surface area contributed by atoms with Crippen LogP contribution in [-0.4, -0.2) is 33.2 Å². The Hall–Kier alpha value is -2.85. The van der Waals surface area contributed by atoms with E-state index in [1.807, 2.05) is 12.3 Å². The van der Waals surface area contributed by atoms with Gasteiger partial charge in [0.05, 0.1) is 24.0 Å². The smallest absolute Gasteiger partial charge is 0.296 e. The fraction of sp³-hybridized carbons (Fsp3) is 0.235. The summed E-state index contributed by atoms with van der Waals surface area (Å²) in [6.07, 6.45) is 1.51. The van der Waals surface area contributed by atoms with Gasteiger partial charge in [0.15, 0.2) is 11.5 Å². The SMILES string of the molecule is COc1cc(/C=N/n2c(=S)[nH]nc(C)c2=O)ccc1OCc1csc(C)n1. The number of H-pyrrole nitrogens is 1. The van der Waals surface area contributed by atoms with Gasteiger partial charge >= 0.3 is 0 Å². The van der Waals surface area contributed by atoms with Crippen LogP contribution in [0.2, 0.25) is 0 Å². The van der Waals surface area contributed by atoms with Crippen LogP contribution in [0, 0.1) is 18.6 Å². The topological polar surface area (TPSA) is 94.4 Å². The molecule has 140 valence electrons. The van der Waals surface area contributed by atoms with Gasteiger partial charge in [-0.2, -0.15) is 14.9 Å². The minimum Gasteiger partial charge on any atom is -0.493 e. The Morgan fingerprint density at radius 3 is 2.89 bits per heavy atom. The number of hydrogen-bond donors (Lipinski definition) is 1. The van der Waals surface area contributed by atoms with Crippen LogP contribution < -0.4 is 15.0 Å². The molecule has 3 aromatic rings. The summed E-state index contributed by atoms with van der Waals surface area (Å²) in [6.45, 7) is 3.89. The predicted molar refractivity (Wildman–Crippen MR) is 106 cm³/mol. The van der Waals surface area contributed by atoms with E-state index in [9.17, 15) is 4.79 Å². The van der Waals surface area contributed by atoms with E-state index in [1.54, 1.807) is 43.6 Å². The first-order valence-electron chi connectivity index (χ1n) is 7.92. The Morgan fingerprint density at radius 1 is 1.37 bits per heavy atom. The maximum absolute atomic E-state index is 12.1. The fourth-order valence-corrected chi connectivity index (χ4v) is 2.98. The standard InChI is InChI=1S/C17H17N5O3S2/c1-10-16(23)22(17(26)21-20-10)18-7-12-4-5-14(15(6-12)24-3)25-8-13-9-27-11(2)19-13/h4-7,9H,8H2,1-3H3,(H,21,26)/b18-7+. The highest BCUT2D eigenvalue weighted by atomic mass is 32.1. The lowest BCUT2D eigenvalue weighted by atomic mass is 10.2. The van der Waals surface area contributed by atoms with Crippen LogP contribution in [0.1, 0.15) is 22.0 Å². The molecule has 0 spiro atoms. The molecule has 0 aliphatic rings. The van der Waals surface area contributed by atoms with Gasteiger partial charge in [0.25, 0.3) is 5.56 Å². The summed E-state index contributed by atoms with van der Waals surface area (Å²) in [7, 11) is 1.56. The monoisotopic (exact) mass is 403 g/mol. The Balaban J connectivity index is 1.81. The van der Waals surface area contributed by atoms with E-state index in [2.05, 4.69) is 20.3 Å². The molecule has 0 saturated heterocycles. The van der Waals surface area contributed by atoms with E-state index >= 15 is 0 Å². The number of aromatic amines is 1. The van der Waals surface area contributed by atoms with E-state index in [-0.39, 0.29) is 16.0 Å². The molecule has 1 N–H and O–H groups in total. The molecule has 1 aromatic carbocycles. The molecule has 3 rings (SSSR count). The van der Waals surface area contributed by atoms with Crippen LogP contribution in [0.5, 0.6) is 11.5 Å². The van der Waals surface area contributed by atoms with Gasteiger partial charge in [0, 0.05) is 5.38 Å². The molecule has 0 radical (unpaired) electrons. The third kappa shape index (κ3) is 4.47. The van der Waals surface area contributed by atoms with E-state index in [0.29, 0.717) is 18.1 Å². The van der Waals surface area contributed by atoms with Crippen LogP contribution in [0.3, 0.4) is 0 Å². The molecule has 27 heavy (non-hydrogen) atoms. The first-order valence-corrected chi connectivity index (χ1v) is 9.21. The predicted octanol–water partition coefficient (Wildman–Crippen LogP) is 2.84. The lowest BCUT2D eigenvalue weighted by Crippen LogP contribution is -2.22. The molecular weight excluding hydrogens is 386 g/mol. The highest BCUT2D eigenvalue weighted by Gasteiger charge is 2.07. The number of nitrogens with zero attached hydrogens (tertiary/aromatic N) is 4. The molecule has 0 bridgehead atoms. The number of ether oxygens (including phenoxy) is 2. The van der Waals surface area contributed by atoms with Crippen molar-refractivity contribution in [2.75, 3.05) is 7.11 Å². The van der Waals surface area contributed by atoms with Crippen LogP contribution in [0.4, 0.5) is 0 Å². The first-order chi connectivity index (χ1) is 13.0. The molecule has 0 fully saturated rings. The van der Waals surface area contributed by atoms with Crippen molar-refractivity contribution >= 4 is 29.8 Å². The molecule has 10 heteroatoms. The first kappa shape index (κ1) is 18.9. The Labute approximate surface area is 164 Å². The van der Waals surface area contributed by atoms with E-state index in [4.69, 9.17) is 21.7 Å². The Bertz CT molecular complexity index is 1100. The third-order valence-electron chi connectivity index (χ3n) is 3.57. The zero-order valence-electron chi connectivity index (χ0n) is 14.9. The second-order valence-corrected chi connectivity index (χ2v) is 6.98. The molecule has 2 heterocycles. The van der Waals surface area contributed by atoms with Gasteiger partial charge < -0.3 is 9.47 Å². The summed E-state index contributed by atoms with van der Waals surface area (Å²) < 4.78 is 12.4. The third-order valence-corrected chi connectivity index (χ3v) is 4.65. The summed E-state index contributed by atoms with van der Waals surface area (Å²) in [5.74, 6) is 1.14. The van der Waals surface area contributed by atoms with Crippen LogP contribution >= 0.6 is 23.6 Å². The largest absolute Gasteiger partial charge is 0.493 e. The number of aromatic nitrogens is 4. The van der Waals surface area contributed by atoms with Gasteiger partial charge in [0.1, 0.15) is 12.3 Å². The average Bonchev–Trinajstić information content (AvgIpc) is 3.08. The van der Waals surface area contributed by atoms with Crippen molar-refractivity contribution in [2.45, 2.75) is 20.5 Å². The van der Waals surface area contributed by atoms with Crippen molar-refractivity contribution in [2.24, 2.45) is 5.10 Å². The average molecular weight is 403 g/mol. The van der Waals surface area contributed by atoms with Crippen molar-refractivity contribution in [3.63, 3.8) is 0 Å². The minimum atomic E-state index is -0.375. The van der Waals surface area contributed by atoms with Gasteiger partial charge in [-0.05, 0) is 49.8 Å². The molecule has 2 aromatic heterocycles. The summed E-state index contributed by atoms with van der Waals surface area (Å²) in [4.78, 5) is 16.4. The summed E-state index contributed by atoms with van der Waals surface area (Å²) >= 11 is 6.62. The maximum Gasteiger partial charge on any atom is 0.296 e. The van der Waals surface area contributed by atoms with E-state index < -0.39 is 0 Å². The number of rotatable bonds is 6. The number of aryl methyl sites for hydroxylation is 2. The lowest BCUT2D eigenvalue weighted by Gasteiger charge is -2.10. The van der Waals surface area contributed by atoms with Gasteiger partial charge in [-0.3, -0.25) is 9.89 Å². The van der Waals surface area contributed by atoms with Crippen molar-refractivity contribution in [1.29, 1.82) is 0 Å². The van der Waals surface area contributed by atoms with Crippen molar-refractivity contribution in [1.82, 2.24) is 19.9 Å². The number of benzene rings is 1. The second-order valence-electron chi connectivity index (χ2n) is 5.53. The zero-order chi connectivity index (χ0) is 19.4. The molecule has 0 atom stereocenters. The minimum absolute atomic E-state index is 0.118. The normalized spacial score (nSPS) is 11.1. The van der Waals surface area contributed by atoms with Crippen LogP contribution in [-0.2, 0) is 6.61 Å². The number of hydrogen-bond acceptors (Lipinski definition) is 8. The summed E-state index contributed by atoms with van der Waals surface area (Å²) in [5.41, 5.74) is 1.49. The van der Waals surface area contributed by atoms with E-state index in [0.717, 1.165) is 20.9 Å². The molecule has 0 aliphatic heterocycles. The van der Waals surface area contributed by atoms with Crippen molar-refractivity contribution in [3.8, 4) is 11.5 Å². The molecule has 0 saturated carbocycles. The zero-order valence-corrected chi connectivity index (χ0v) is 16.6. The Morgan fingerprint density at radius 2 is 2.19 bits per heavy atom. The quantitative estimate of drug-likeness (QED) is 0.502. The molecule has 0 unspecified atom stereocenters. The van der Waals surface area contributed by atoms with Gasteiger partial charge in [0.2, 0.25) is 4.77 Å². The number of methoxy groups -OCH3 is 1. The highest BCUT2D eigenvalue weighted by Crippen LogP contribution is 2.28. The summed E-state index contributed by atoms with van der Waals surface area (Å²) in [6, 6.07) is 5.34. The van der Waals surface area contributed by atoms with E-state index in [1.165, 1.54) is 6.21 Å². The maximum atomic E-state index is 12.1. The van der Waals surface area contributed by atoms with Crippen molar-refractivity contribution in [3.05, 3.63) is 60.7 Å². The highest BCUT2D eigenvalue weighted by molar-refractivity contribution is 7.71. The second kappa shape index (κ2) is 8.23. The van der Waals surface area contributed by atoms with Crippen LogP contribution in [0.15, 0.2) is 33.5 Å². The lowest BCUT2D eigenvalue weighted by molar-refractivity contribution is 0.281. The molecule has 8 nitrogen and oxygen atoms in total. The fourth-order valence-electron chi connectivity index (χ4n) is 2.21. The number of nitrogens with one attached hydrogen (secondary N) is 1. The van der Waals surface area contributed by atoms with Gasteiger partial charge in [-0.15, -0.1) is 11.3 Å². The summed E-state index contributed by atoms with van der Waals surface area (Å²) in [5, 5.41) is 13.5. The van der Waals surface area contributed by atoms with Gasteiger partial charge in [-0.25, -0.2) is 4.98 Å². The molecule has 0 aliphatic carbocycles. The molecular formula is C17H17N5O3S2. The van der Waals surface area contributed by atoms with Crippen molar-refractivity contribution < 1.29 is 9.47 Å². The van der Waals surface area contributed by atoms with Gasteiger partial charge in [-0.1, -0.05) is 0 Å². The van der Waals surface area contributed by atoms with Crippen LogP contribution in [0.25, 0.3) is 0 Å². The number of thiazole rings is 1. The molecule has 0 amide bonds.